The Balaban J connectivity index is 1.35. The van der Waals surface area contributed by atoms with Crippen LogP contribution >= 0.6 is 0 Å². The number of nitrogens with one attached hydrogen (secondary N) is 3. The molecule has 0 saturated carbocycles. The van der Waals surface area contributed by atoms with E-state index in [-0.39, 0.29) is 41.7 Å². The number of rotatable bonds is 5. The van der Waals surface area contributed by atoms with Gasteiger partial charge in [0.25, 0.3) is 0 Å². The second-order valence-corrected chi connectivity index (χ2v) is 9.08. The van der Waals surface area contributed by atoms with E-state index in [2.05, 4.69) is 15.3 Å². The quantitative estimate of drug-likeness (QED) is 0.532. The molecule has 1 aliphatic rings. The average molecular weight is 440 g/mol. The molecule has 3 aromatic rings. The third-order valence-corrected chi connectivity index (χ3v) is 7.08. The van der Waals surface area contributed by atoms with E-state index in [4.69, 9.17) is 0 Å². The minimum atomic E-state index is -3.77. The first-order valence-corrected chi connectivity index (χ1v) is 11.0. The monoisotopic (exact) mass is 440 g/mol. The highest BCUT2D eigenvalue weighted by Crippen LogP contribution is 2.21. The van der Waals surface area contributed by atoms with Crippen LogP contribution in [0, 0.1) is 11.3 Å². The van der Waals surface area contributed by atoms with Crippen molar-refractivity contribution in [3.63, 3.8) is 0 Å². The zero-order valence-electron chi connectivity index (χ0n) is 16.5. The molecule has 11 heteroatoms. The summed E-state index contributed by atoms with van der Waals surface area (Å²) in [5.74, 6) is -0.233. The number of nitriles is 1. The van der Waals surface area contributed by atoms with E-state index in [0.717, 1.165) is 0 Å². The van der Waals surface area contributed by atoms with Crippen LogP contribution in [-0.2, 0) is 14.8 Å². The SMILES string of the molecule is N#Cc1ccccc1S(=O)(=O)N1CCN(CC(=O)Nc2ccc3[nH]c(=O)[nH]c3c2)CC1. The van der Waals surface area contributed by atoms with Crippen molar-refractivity contribution < 1.29 is 13.2 Å². The number of fused-ring (bicyclic) bond motifs is 1. The molecule has 1 aromatic heterocycles. The summed E-state index contributed by atoms with van der Waals surface area (Å²) in [5.41, 5.74) is 1.60. The lowest BCUT2D eigenvalue weighted by molar-refractivity contribution is -0.117. The van der Waals surface area contributed by atoms with Crippen LogP contribution in [0.1, 0.15) is 5.56 Å². The number of carbonyl (C=O) groups is 1. The van der Waals surface area contributed by atoms with Gasteiger partial charge in [0.15, 0.2) is 0 Å². The minimum absolute atomic E-state index is 0.00174. The molecule has 0 aliphatic carbocycles. The molecule has 0 radical (unpaired) electrons. The lowest BCUT2D eigenvalue weighted by Gasteiger charge is -2.33. The maximum absolute atomic E-state index is 12.9. The van der Waals surface area contributed by atoms with Crippen molar-refractivity contribution in [3.05, 3.63) is 58.5 Å². The first-order valence-electron chi connectivity index (χ1n) is 9.60. The third kappa shape index (κ3) is 4.36. The van der Waals surface area contributed by atoms with Gasteiger partial charge in [-0.25, -0.2) is 13.2 Å². The molecule has 0 unspecified atom stereocenters. The molecule has 3 N–H and O–H groups in total. The first kappa shape index (κ1) is 20.8. The van der Waals surface area contributed by atoms with Gasteiger partial charge in [-0.1, -0.05) is 12.1 Å². The Labute approximate surface area is 178 Å². The highest BCUT2D eigenvalue weighted by Gasteiger charge is 2.30. The van der Waals surface area contributed by atoms with Gasteiger partial charge in [0.1, 0.15) is 6.07 Å². The number of nitrogens with zero attached hydrogens (tertiary/aromatic N) is 3. The van der Waals surface area contributed by atoms with Gasteiger partial charge in [0.05, 0.1) is 28.0 Å². The van der Waals surface area contributed by atoms with Gasteiger partial charge in [-0.2, -0.15) is 9.57 Å². The molecule has 0 bridgehead atoms. The van der Waals surface area contributed by atoms with Gasteiger partial charge in [-0.05, 0) is 30.3 Å². The lowest BCUT2D eigenvalue weighted by atomic mass is 10.2. The Hall–Kier alpha value is -3.46. The fraction of sp³-hybridized carbons (Fsp3) is 0.250. The van der Waals surface area contributed by atoms with Crippen molar-refractivity contribution in [1.29, 1.82) is 5.26 Å². The van der Waals surface area contributed by atoms with Gasteiger partial charge in [-0.3, -0.25) is 9.69 Å². The summed E-state index contributed by atoms with van der Waals surface area (Å²) in [4.78, 5) is 30.9. The molecular formula is C20H20N6O4S. The molecule has 160 valence electrons. The Morgan fingerprint density at radius 3 is 2.52 bits per heavy atom. The molecule has 4 rings (SSSR count). The molecule has 10 nitrogen and oxygen atoms in total. The van der Waals surface area contributed by atoms with Gasteiger partial charge in [0.2, 0.25) is 15.9 Å². The number of carbonyl (C=O) groups excluding carboxylic acids is 1. The predicted octanol–water partition coefficient (Wildman–Crippen LogP) is 0.673. The van der Waals surface area contributed by atoms with E-state index in [1.54, 1.807) is 30.3 Å². The molecule has 1 fully saturated rings. The van der Waals surface area contributed by atoms with Crippen molar-refractivity contribution in [2.45, 2.75) is 4.90 Å². The number of piperazine rings is 1. The van der Waals surface area contributed by atoms with Crippen molar-refractivity contribution in [2.75, 3.05) is 38.0 Å². The van der Waals surface area contributed by atoms with E-state index < -0.39 is 10.0 Å². The summed E-state index contributed by atoms with van der Waals surface area (Å²) in [7, 11) is -3.77. The maximum atomic E-state index is 12.9. The molecule has 31 heavy (non-hydrogen) atoms. The van der Waals surface area contributed by atoms with Gasteiger partial charge < -0.3 is 15.3 Å². The number of hydrogen-bond acceptors (Lipinski definition) is 6. The summed E-state index contributed by atoms with van der Waals surface area (Å²) in [6.07, 6.45) is 0. The van der Waals surface area contributed by atoms with Crippen LogP contribution in [-0.4, -0.2) is 66.2 Å². The number of imidazole rings is 1. The zero-order valence-corrected chi connectivity index (χ0v) is 17.3. The summed E-state index contributed by atoms with van der Waals surface area (Å²) in [6, 6.07) is 13.1. The number of aromatic nitrogens is 2. The number of hydrogen-bond donors (Lipinski definition) is 3. The number of benzene rings is 2. The molecule has 0 atom stereocenters. The van der Waals surface area contributed by atoms with Crippen molar-refractivity contribution in [2.24, 2.45) is 0 Å². The summed E-state index contributed by atoms with van der Waals surface area (Å²) in [6.45, 7) is 1.36. The van der Waals surface area contributed by atoms with Crippen LogP contribution in [0.4, 0.5) is 5.69 Å². The molecule has 0 spiro atoms. The molecule has 2 heterocycles. The molecule has 2 aromatic carbocycles. The topological polar surface area (TPSA) is 142 Å². The number of H-pyrrole nitrogens is 2. The van der Waals surface area contributed by atoms with Crippen molar-refractivity contribution in [3.8, 4) is 6.07 Å². The van der Waals surface area contributed by atoms with Crippen LogP contribution in [0.15, 0.2) is 52.2 Å². The predicted molar refractivity (Wildman–Crippen MR) is 114 cm³/mol. The maximum Gasteiger partial charge on any atom is 0.323 e. The Kier molecular flexibility index (Phi) is 5.60. The zero-order chi connectivity index (χ0) is 22.0. The second kappa shape index (κ2) is 8.35. The highest BCUT2D eigenvalue weighted by atomic mass is 32.2. The normalized spacial score (nSPS) is 15.6. The largest absolute Gasteiger partial charge is 0.325 e. The number of amides is 1. The summed E-state index contributed by atoms with van der Waals surface area (Å²) < 4.78 is 27.1. The molecular weight excluding hydrogens is 420 g/mol. The fourth-order valence-electron chi connectivity index (χ4n) is 3.56. The average Bonchev–Trinajstić information content (AvgIpc) is 3.13. The second-order valence-electron chi connectivity index (χ2n) is 7.18. The van der Waals surface area contributed by atoms with E-state index in [0.29, 0.717) is 29.8 Å². The first-order chi connectivity index (χ1) is 14.9. The Morgan fingerprint density at radius 2 is 1.77 bits per heavy atom. The van der Waals surface area contributed by atoms with Crippen LogP contribution < -0.4 is 11.0 Å². The van der Waals surface area contributed by atoms with E-state index >= 15 is 0 Å². The number of anilines is 1. The standard InChI is InChI=1S/C20H20N6O4S/c21-12-14-3-1-2-4-18(14)31(29,30)26-9-7-25(8-10-26)13-19(27)22-15-5-6-16-17(11-15)24-20(28)23-16/h1-6,11H,7-10,13H2,(H,22,27)(H2,23,24,28). The lowest BCUT2D eigenvalue weighted by Crippen LogP contribution is -2.50. The van der Waals surface area contributed by atoms with Crippen LogP contribution in [0.2, 0.25) is 0 Å². The number of aromatic amines is 2. The van der Waals surface area contributed by atoms with Crippen LogP contribution in [0.5, 0.6) is 0 Å². The van der Waals surface area contributed by atoms with Crippen molar-refractivity contribution in [1.82, 2.24) is 19.2 Å². The summed E-state index contributed by atoms with van der Waals surface area (Å²) >= 11 is 0. The van der Waals surface area contributed by atoms with E-state index in [9.17, 15) is 23.3 Å². The van der Waals surface area contributed by atoms with Crippen molar-refractivity contribution >= 4 is 32.7 Å². The molecule has 1 amide bonds. The van der Waals surface area contributed by atoms with E-state index in [1.165, 1.54) is 16.4 Å². The van der Waals surface area contributed by atoms with Gasteiger partial charge in [-0.15, -0.1) is 0 Å². The Bertz CT molecular complexity index is 1330. The summed E-state index contributed by atoms with van der Waals surface area (Å²) in [5, 5.41) is 12.0. The smallest absolute Gasteiger partial charge is 0.323 e. The highest BCUT2D eigenvalue weighted by molar-refractivity contribution is 7.89. The van der Waals surface area contributed by atoms with Crippen LogP contribution in [0.25, 0.3) is 11.0 Å². The Morgan fingerprint density at radius 1 is 1.06 bits per heavy atom. The fourth-order valence-corrected chi connectivity index (χ4v) is 5.13. The van der Waals surface area contributed by atoms with Gasteiger partial charge >= 0.3 is 5.69 Å². The minimum Gasteiger partial charge on any atom is -0.325 e. The van der Waals surface area contributed by atoms with Crippen LogP contribution in [0.3, 0.4) is 0 Å². The number of sulfonamides is 1. The van der Waals surface area contributed by atoms with E-state index in [1.807, 2.05) is 11.0 Å². The van der Waals surface area contributed by atoms with Gasteiger partial charge in [0, 0.05) is 31.9 Å². The molecule has 1 aliphatic heterocycles. The molecule has 1 saturated heterocycles. The third-order valence-electron chi connectivity index (χ3n) is 5.12.